The van der Waals surface area contributed by atoms with Crippen molar-refractivity contribution in [1.82, 2.24) is 0 Å². The highest BCUT2D eigenvalue weighted by Gasteiger charge is 2.19. The number of carbonyl (C=O) groups is 1. The maximum Gasteiger partial charge on any atom is 0.305 e. The highest BCUT2D eigenvalue weighted by molar-refractivity contribution is 5.69. The summed E-state index contributed by atoms with van der Waals surface area (Å²) in [5, 5.41) is 0. The summed E-state index contributed by atoms with van der Waals surface area (Å²) in [6, 6.07) is 0.397. The fraction of sp³-hybridized carbons (Fsp3) is 0.909. The molecule has 0 unspecified atom stereocenters. The molecule has 0 spiro atoms. The first-order valence-electron chi connectivity index (χ1n) is 5.63. The average Bonchev–Trinajstić information content (AvgIpc) is 2.17. The van der Waals surface area contributed by atoms with E-state index in [1.807, 2.05) is 6.92 Å². The van der Waals surface area contributed by atoms with Gasteiger partial charge in [0.1, 0.15) is 0 Å². The lowest BCUT2D eigenvalue weighted by Crippen LogP contribution is -2.26. The monoisotopic (exact) mass is 199 g/mol. The van der Waals surface area contributed by atoms with Gasteiger partial charge in [-0.2, -0.15) is 0 Å². The van der Waals surface area contributed by atoms with Crippen molar-refractivity contribution in [1.29, 1.82) is 0 Å². The Hall–Kier alpha value is -0.570. The summed E-state index contributed by atoms with van der Waals surface area (Å²) >= 11 is 0. The van der Waals surface area contributed by atoms with Crippen LogP contribution in [0.25, 0.3) is 0 Å². The van der Waals surface area contributed by atoms with Crippen molar-refractivity contribution >= 4 is 5.97 Å². The number of ether oxygens (including phenoxy) is 1. The zero-order valence-electron chi connectivity index (χ0n) is 9.00. The molecule has 82 valence electrons. The maximum absolute atomic E-state index is 11.1. The van der Waals surface area contributed by atoms with Crippen LogP contribution < -0.4 is 5.73 Å². The van der Waals surface area contributed by atoms with Crippen LogP contribution in [0.3, 0.4) is 0 Å². The van der Waals surface area contributed by atoms with Gasteiger partial charge >= 0.3 is 5.97 Å². The summed E-state index contributed by atoms with van der Waals surface area (Å²) in [5.41, 5.74) is 5.81. The zero-order chi connectivity index (χ0) is 10.4. The van der Waals surface area contributed by atoms with E-state index in [9.17, 15) is 4.79 Å². The highest BCUT2D eigenvalue weighted by atomic mass is 16.5. The van der Waals surface area contributed by atoms with Crippen LogP contribution in [0.1, 0.15) is 45.4 Å². The molecule has 1 saturated carbocycles. The lowest BCUT2D eigenvalue weighted by Gasteiger charge is -2.25. The third-order valence-electron chi connectivity index (χ3n) is 2.95. The van der Waals surface area contributed by atoms with E-state index in [0.717, 1.165) is 19.3 Å². The minimum absolute atomic E-state index is 0.0534. The Kier molecular flexibility index (Phi) is 4.94. The number of rotatable bonds is 4. The van der Waals surface area contributed by atoms with E-state index in [1.165, 1.54) is 12.8 Å². The van der Waals surface area contributed by atoms with Crippen LogP contribution in [0.2, 0.25) is 0 Å². The van der Waals surface area contributed by atoms with Gasteiger partial charge in [0.2, 0.25) is 0 Å². The Morgan fingerprint density at radius 1 is 1.36 bits per heavy atom. The van der Waals surface area contributed by atoms with Gasteiger partial charge in [-0.05, 0) is 44.9 Å². The lowest BCUT2D eigenvalue weighted by atomic mass is 9.84. The molecule has 2 N–H and O–H groups in total. The van der Waals surface area contributed by atoms with Crippen LogP contribution in [-0.4, -0.2) is 18.6 Å². The molecule has 0 amide bonds. The molecule has 0 heterocycles. The van der Waals surface area contributed by atoms with E-state index >= 15 is 0 Å². The van der Waals surface area contributed by atoms with E-state index in [0.29, 0.717) is 25.0 Å². The summed E-state index contributed by atoms with van der Waals surface area (Å²) in [6.07, 6.45) is 6.15. The molecule has 3 heteroatoms. The van der Waals surface area contributed by atoms with Gasteiger partial charge in [-0.15, -0.1) is 0 Å². The molecule has 0 atom stereocenters. The van der Waals surface area contributed by atoms with Crippen molar-refractivity contribution in [3.8, 4) is 0 Å². The molecule has 1 fully saturated rings. The van der Waals surface area contributed by atoms with Crippen molar-refractivity contribution < 1.29 is 9.53 Å². The predicted molar refractivity (Wildman–Crippen MR) is 55.8 cm³/mol. The van der Waals surface area contributed by atoms with E-state index in [1.54, 1.807) is 0 Å². The number of esters is 1. The third-order valence-corrected chi connectivity index (χ3v) is 2.95. The molecule has 1 aliphatic rings. The standard InChI is InChI=1S/C11H21NO2/c1-2-14-11(13)8-5-9-3-6-10(12)7-4-9/h9-10H,2-8,12H2,1H3/t9-,10-. The van der Waals surface area contributed by atoms with E-state index in [2.05, 4.69) is 0 Å². The van der Waals surface area contributed by atoms with Gasteiger partial charge in [-0.25, -0.2) is 0 Å². The Bertz CT molecular complexity index is 174. The molecule has 1 rings (SSSR count). The Balaban J connectivity index is 2.09. The van der Waals surface area contributed by atoms with Gasteiger partial charge in [-0.3, -0.25) is 4.79 Å². The zero-order valence-corrected chi connectivity index (χ0v) is 9.00. The second-order valence-corrected chi connectivity index (χ2v) is 4.12. The Morgan fingerprint density at radius 3 is 2.57 bits per heavy atom. The third kappa shape index (κ3) is 4.09. The van der Waals surface area contributed by atoms with Crippen LogP contribution >= 0.6 is 0 Å². The van der Waals surface area contributed by atoms with Crippen molar-refractivity contribution in [3.63, 3.8) is 0 Å². The van der Waals surface area contributed by atoms with Gasteiger partial charge in [0.15, 0.2) is 0 Å². The summed E-state index contributed by atoms with van der Waals surface area (Å²) < 4.78 is 4.89. The molecule has 0 radical (unpaired) electrons. The first-order valence-corrected chi connectivity index (χ1v) is 5.63. The van der Waals surface area contributed by atoms with Crippen molar-refractivity contribution in [3.05, 3.63) is 0 Å². The summed E-state index contributed by atoms with van der Waals surface area (Å²) in [5.74, 6) is 0.640. The van der Waals surface area contributed by atoms with Gasteiger partial charge < -0.3 is 10.5 Å². The molecule has 14 heavy (non-hydrogen) atoms. The van der Waals surface area contributed by atoms with Crippen LogP contribution in [0, 0.1) is 5.92 Å². The van der Waals surface area contributed by atoms with Gasteiger partial charge in [0.05, 0.1) is 6.61 Å². The first-order chi connectivity index (χ1) is 6.72. The maximum atomic E-state index is 11.1. The minimum atomic E-state index is -0.0534. The quantitative estimate of drug-likeness (QED) is 0.703. The number of hydrogen-bond donors (Lipinski definition) is 1. The first kappa shape index (κ1) is 11.5. The lowest BCUT2D eigenvalue weighted by molar-refractivity contribution is -0.143. The summed E-state index contributed by atoms with van der Waals surface area (Å²) in [6.45, 7) is 2.34. The molecule has 0 saturated heterocycles. The second-order valence-electron chi connectivity index (χ2n) is 4.12. The fourth-order valence-corrected chi connectivity index (χ4v) is 2.03. The molecule has 0 aromatic rings. The highest BCUT2D eigenvalue weighted by Crippen LogP contribution is 2.26. The normalized spacial score (nSPS) is 27.3. The smallest absolute Gasteiger partial charge is 0.305 e. The predicted octanol–water partition coefficient (Wildman–Crippen LogP) is 1.85. The number of hydrogen-bond acceptors (Lipinski definition) is 3. The molecular weight excluding hydrogens is 178 g/mol. The summed E-state index contributed by atoms with van der Waals surface area (Å²) in [4.78, 5) is 11.1. The average molecular weight is 199 g/mol. The SMILES string of the molecule is CCOC(=O)CC[C@H]1CC[C@H](N)CC1. The number of carbonyl (C=O) groups excluding carboxylic acids is 1. The fourth-order valence-electron chi connectivity index (χ4n) is 2.03. The van der Waals surface area contributed by atoms with Crippen LogP contribution in [0.15, 0.2) is 0 Å². The largest absolute Gasteiger partial charge is 0.466 e. The second kappa shape index (κ2) is 6.02. The molecule has 0 bridgehead atoms. The summed E-state index contributed by atoms with van der Waals surface area (Å²) in [7, 11) is 0. The van der Waals surface area contributed by atoms with Crippen LogP contribution in [0.5, 0.6) is 0 Å². The molecule has 0 aromatic heterocycles. The van der Waals surface area contributed by atoms with Crippen LogP contribution in [-0.2, 0) is 9.53 Å². The molecule has 1 aliphatic carbocycles. The molecular formula is C11H21NO2. The van der Waals surface area contributed by atoms with Gasteiger partial charge in [0, 0.05) is 12.5 Å². The molecule has 3 nitrogen and oxygen atoms in total. The Morgan fingerprint density at radius 2 is 2.00 bits per heavy atom. The van der Waals surface area contributed by atoms with E-state index in [4.69, 9.17) is 10.5 Å². The van der Waals surface area contributed by atoms with E-state index < -0.39 is 0 Å². The van der Waals surface area contributed by atoms with Gasteiger partial charge in [0.25, 0.3) is 0 Å². The van der Waals surface area contributed by atoms with Crippen molar-refractivity contribution in [2.45, 2.75) is 51.5 Å². The molecule has 0 aromatic carbocycles. The van der Waals surface area contributed by atoms with E-state index in [-0.39, 0.29) is 5.97 Å². The molecule has 0 aliphatic heterocycles. The topological polar surface area (TPSA) is 52.3 Å². The van der Waals surface area contributed by atoms with Crippen molar-refractivity contribution in [2.24, 2.45) is 11.7 Å². The Labute approximate surface area is 86.0 Å². The minimum Gasteiger partial charge on any atom is -0.466 e. The number of nitrogens with two attached hydrogens (primary N) is 1. The van der Waals surface area contributed by atoms with Crippen molar-refractivity contribution in [2.75, 3.05) is 6.61 Å². The van der Waals surface area contributed by atoms with Gasteiger partial charge in [-0.1, -0.05) is 0 Å². The van der Waals surface area contributed by atoms with Crippen LogP contribution in [0.4, 0.5) is 0 Å².